The van der Waals surface area contributed by atoms with Crippen LogP contribution in [0, 0.1) is 13.8 Å². The normalized spacial score (nSPS) is 16.1. The second-order valence-corrected chi connectivity index (χ2v) is 7.10. The Balaban J connectivity index is 1.56. The summed E-state index contributed by atoms with van der Waals surface area (Å²) in [6.07, 6.45) is 1.99. The van der Waals surface area contributed by atoms with Gasteiger partial charge in [0.2, 0.25) is 0 Å². The van der Waals surface area contributed by atoms with Crippen molar-refractivity contribution in [2.24, 2.45) is 0 Å². The third kappa shape index (κ3) is 3.97. The van der Waals surface area contributed by atoms with Gasteiger partial charge in [-0.3, -0.25) is 9.59 Å². The number of ether oxygens (including phenoxy) is 1. The second-order valence-electron chi connectivity index (χ2n) is 7.10. The molecule has 29 heavy (non-hydrogen) atoms. The number of nitrogens with zero attached hydrogens (tertiary/aromatic N) is 2. The van der Waals surface area contributed by atoms with Crippen molar-refractivity contribution in [3.63, 3.8) is 0 Å². The zero-order valence-corrected chi connectivity index (χ0v) is 16.3. The second kappa shape index (κ2) is 8.00. The van der Waals surface area contributed by atoms with Crippen LogP contribution in [0.5, 0.6) is 0 Å². The molecule has 2 amide bonds. The van der Waals surface area contributed by atoms with E-state index in [1.54, 1.807) is 44.2 Å². The van der Waals surface area contributed by atoms with Crippen LogP contribution in [0.1, 0.15) is 44.9 Å². The number of rotatable bonds is 5. The number of anilines is 1. The minimum Gasteiger partial charge on any atom is -0.376 e. The minimum atomic E-state index is -0.355. The topological polar surface area (TPSA) is 106 Å². The number of para-hydroxylation sites is 1. The molecular weight excluding hydrogens is 372 g/mol. The van der Waals surface area contributed by atoms with Crippen LogP contribution in [0.2, 0.25) is 0 Å². The van der Waals surface area contributed by atoms with Crippen LogP contribution in [-0.4, -0.2) is 41.2 Å². The molecule has 0 unspecified atom stereocenters. The average Bonchev–Trinajstić information content (AvgIpc) is 3.36. The molecule has 1 aliphatic heterocycles. The third-order valence-corrected chi connectivity index (χ3v) is 4.92. The lowest BCUT2D eigenvalue weighted by atomic mass is 10.1. The van der Waals surface area contributed by atoms with E-state index < -0.39 is 0 Å². The average molecular weight is 394 g/mol. The highest BCUT2D eigenvalue weighted by molar-refractivity contribution is 6.14. The first kappa shape index (κ1) is 19.1. The van der Waals surface area contributed by atoms with Crippen molar-refractivity contribution >= 4 is 28.6 Å². The maximum Gasteiger partial charge on any atom is 0.258 e. The Hall–Kier alpha value is -3.26. The van der Waals surface area contributed by atoms with Crippen LogP contribution in [-0.2, 0) is 4.74 Å². The summed E-state index contributed by atoms with van der Waals surface area (Å²) in [4.78, 5) is 29.9. The van der Waals surface area contributed by atoms with Crippen molar-refractivity contribution in [1.29, 1.82) is 0 Å². The maximum atomic E-state index is 13.0. The number of benzene rings is 1. The fourth-order valence-electron chi connectivity index (χ4n) is 3.48. The standard InChI is InChI=1S/C21H22N4O4/c1-12-10-16(18-13(2)25-29-21(18)23-12)20(27)24-17-8-4-3-7-15(17)19(26)22-11-14-6-5-9-28-14/h3-4,7-8,10,14H,5-6,9,11H2,1-2H3,(H,22,26)(H,24,27)/t14-/m1/s1. The van der Waals surface area contributed by atoms with Gasteiger partial charge in [-0.05, 0) is 44.9 Å². The number of aromatic nitrogens is 2. The highest BCUT2D eigenvalue weighted by atomic mass is 16.5. The highest BCUT2D eigenvalue weighted by Crippen LogP contribution is 2.24. The van der Waals surface area contributed by atoms with Gasteiger partial charge in [0.1, 0.15) is 0 Å². The van der Waals surface area contributed by atoms with Crippen molar-refractivity contribution in [1.82, 2.24) is 15.5 Å². The van der Waals surface area contributed by atoms with E-state index in [2.05, 4.69) is 20.8 Å². The van der Waals surface area contributed by atoms with Crippen LogP contribution >= 0.6 is 0 Å². The van der Waals surface area contributed by atoms with Gasteiger partial charge in [0.15, 0.2) is 0 Å². The van der Waals surface area contributed by atoms with Gasteiger partial charge in [-0.1, -0.05) is 17.3 Å². The number of fused-ring (bicyclic) bond motifs is 1. The summed E-state index contributed by atoms with van der Waals surface area (Å²) < 4.78 is 10.7. The molecular formula is C21H22N4O4. The van der Waals surface area contributed by atoms with E-state index >= 15 is 0 Å². The summed E-state index contributed by atoms with van der Waals surface area (Å²) in [6.45, 7) is 4.72. The molecule has 150 valence electrons. The molecule has 0 saturated carbocycles. The Morgan fingerprint density at radius 2 is 2.00 bits per heavy atom. The van der Waals surface area contributed by atoms with Gasteiger partial charge in [-0.15, -0.1) is 0 Å². The van der Waals surface area contributed by atoms with E-state index in [0.29, 0.717) is 45.8 Å². The molecule has 8 nitrogen and oxygen atoms in total. The van der Waals surface area contributed by atoms with E-state index in [1.165, 1.54) is 0 Å². The van der Waals surface area contributed by atoms with Crippen molar-refractivity contribution in [3.05, 3.63) is 52.8 Å². The summed E-state index contributed by atoms with van der Waals surface area (Å²) >= 11 is 0. The summed E-state index contributed by atoms with van der Waals surface area (Å²) in [5, 5.41) is 10.2. The molecule has 3 heterocycles. The predicted octanol–water partition coefficient (Wildman–Crippen LogP) is 3.00. The van der Waals surface area contributed by atoms with Crippen molar-refractivity contribution < 1.29 is 18.8 Å². The van der Waals surface area contributed by atoms with E-state index in [1.807, 2.05) is 0 Å². The number of carbonyl (C=O) groups is 2. The first-order valence-electron chi connectivity index (χ1n) is 9.56. The van der Waals surface area contributed by atoms with Gasteiger partial charge in [0, 0.05) is 18.8 Å². The minimum absolute atomic E-state index is 0.0466. The maximum absolute atomic E-state index is 13.0. The Morgan fingerprint density at radius 3 is 2.79 bits per heavy atom. The van der Waals surface area contributed by atoms with Crippen LogP contribution in [0.3, 0.4) is 0 Å². The van der Waals surface area contributed by atoms with Crippen LogP contribution in [0.25, 0.3) is 11.1 Å². The largest absolute Gasteiger partial charge is 0.376 e. The number of nitrogens with one attached hydrogen (secondary N) is 2. The van der Waals surface area contributed by atoms with Gasteiger partial charge in [-0.25, -0.2) is 4.98 Å². The Bertz CT molecular complexity index is 1070. The molecule has 1 aromatic carbocycles. The number of amides is 2. The highest BCUT2D eigenvalue weighted by Gasteiger charge is 2.21. The number of hydrogen-bond donors (Lipinski definition) is 2. The zero-order valence-electron chi connectivity index (χ0n) is 16.3. The molecule has 0 aliphatic carbocycles. The third-order valence-electron chi connectivity index (χ3n) is 4.92. The number of pyridine rings is 1. The first-order valence-corrected chi connectivity index (χ1v) is 9.56. The van der Waals surface area contributed by atoms with E-state index in [0.717, 1.165) is 19.4 Å². The molecule has 2 aromatic heterocycles. The lowest BCUT2D eigenvalue weighted by molar-refractivity contribution is 0.0858. The molecule has 8 heteroatoms. The van der Waals surface area contributed by atoms with Gasteiger partial charge < -0.3 is 19.9 Å². The Kier molecular flexibility index (Phi) is 5.26. The van der Waals surface area contributed by atoms with Crippen molar-refractivity contribution in [3.8, 4) is 0 Å². The predicted molar refractivity (Wildman–Crippen MR) is 107 cm³/mol. The molecule has 0 radical (unpaired) electrons. The monoisotopic (exact) mass is 394 g/mol. The SMILES string of the molecule is Cc1cc(C(=O)Nc2ccccc2C(=O)NC[C@H]2CCCO2)c2c(C)noc2n1. The van der Waals surface area contributed by atoms with Gasteiger partial charge >= 0.3 is 0 Å². The van der Waals surface area contributed by atoms with Crippen LogP contribution < -0.4 is 10.6 Å². The molecule has 0 bridgehead atoms. The molecule has 3 aromatic rings. The van der Waals surface area contributed by atoms with E-state index in [-0.39, 0.29) is 17.9 Å². The summed E-state index contributed by atoms with van der Waals surface area (Å²) in [6, 6.07) is 8.59. The molecule has 1 aliphatic rings. The molecule has 1 atom stereocenters. The van der Waals surface area contributed by atoms with E-state index in [4.69, 9.17) is 9.26 Å². The summed E-state index contributed by atoms with van der Waals surface area (Å²) in [5.41, 5.74) is 2.76. The lowest BCUT2D eigenvalue weighted by Crippen LogP contribution is -2.32. The summed E-state index contributed by atoms with van der Waals surface area (Å²) in [7, 11) is 0. The molecule has 4 rings (SSSR count). The fraction of sp³-hybridized carbons (Fsp3) is 0.333. The van der Waals surface area contributed by atoms with Gasteiger partial charge in [-0.2, -0.15) is 0 Å². The fourth-order valence-corrected chi connectivity index (χ4v) is 3.48. The lowest BCUT2D eigenvalue weighted by Gasteiger charge is -2.14. The van der Waals surface area contributed by atoms with E-state index in [9.17, 15) is 9.59 Å². The molecule has 1 fully saturated rings. The number of aryl methyl sites for hydroxylation is 2. The first-order chi connectivity index (χ1) is 14.0. The number of hydrogen-bond acceptors (Lipinski definition) is 6. The molecule has 1 saturated heterocycles. The quantitative estimate of drug-likeness (QED) is 0.689. The summed E-state index contributed by atoms with van der Waals surface area (Å²) in [5.74, 6) is -0.611. The van der Waals surface area contributed by atoms with Crippen molar-refractivity contribution in [2.45, 2.75) is 32.8 Å². The van der Waals surface area contributed by atoms with Crippen molar-refractivity contribution in [2.75, 3.05) is 18.5 Å². The smallest absolute Gasteiger partial charge is 0.258 e. The van der Waals surface area contributed by atoms with Gasteiger partial charge in [0.25, 0.3) is 17.5 Å². The number of carbonyl (C=O) groups excluding carboxylic acids is 2. The molecule has 0 spiro atoms. The Labute approximate surface area is 167 Å². The Morgan fingerprint density at radius 1 is 1.17 bits per heavy atom. The molecule has 2 N–H and O–H groups in total. The van der Waals surface area contributed by atoms with Crippen LogP contribution in [0.15, 0.2) is 34.9 Å². The van der Waals surface area contributed by atoms with Gasteiger partial charge in [0.05, 0.1) is 34.0 Å². The zero-order chi connectivity index (χ0) is 20.4. The van der Waals surface area contributed by atoms with Crippen LogP contribution in [0.4, 0.5) is 5.69 Å².